The SMILES string of the molecule is C[C@]1(Cc2ccc(Cl)c(F)c2)Cc2cc(C(=O)N(CC(=O)O)Cc3ccccc3)ccc2O1. The van der Waals surface area contributed by atoms with Gasteiger partial charge in [0, 0.05) is 24.9 Å². The average Bonchev–Trinajstić information content (AvgIpc) is 3.10. The molecule has 1 N–H and O–H groups in total. The number of amides is 1. The molecule has 1 atom stereocenters. The first-order valence-corrected chi connectivity index (χ1v) is 10.9. The van der Waals surface area contributed by atoms with Gasteiger partial charge in [-0.05, 0) is 53.9 Å². The summed E-state index contributed by atoms with van der Waals surface area (Å²) >= 11 is 5.78. The van der Waals surface area contributed by atoms with E-state index in [-0.39, 0.29) is 17.5 Å². The first-order chi connectivity index (χ1) is 15.7. The number of carboxylic acids is 1. The molecule has 0 radical (unpaired) electrons. The number of carbonyl (C=O) groups excluding carboxylic acids is 1. The van der Waals surface area contributed by atoms with Gasteiger partial charge in [0.05, 0.1) is 5.02 Å². The fourth-order valence-corrected chi connectivity index (χ4v) is 4.30. The number of fused-ring (bicyclic) bond motifs is 1. The normalized spacial score (nSPS) is 16.7. The van der Waals surface area contributed by atoms with Crippen molar-refractivity contribution in [1.29, 1.82) is 0 Å². The summed E-state index contributed by atoms with van der Waals surface area (Å²) < 4.78 is 20.0. The molecule has 3 aromatic rings. The minimum absolute atomic E-state index is 0.0732. The number of ether oxygens (including phenoxy) is 1. The van der Waals surface area contributed by atoms with Crippen molar-refractivity contribution in [1.82, 2.24) is 4.90 Å². The van der Waals surface area contributed by atoms with Crippen molar-refractivity contribution in [2.24, 2.45) is 0 Å². The van der Waals surface area contributed by atoms with E-state index in [0.29, 0.717) is 24.2 Å². The minimum Gasteiger partial charge on any atom is -0.487 e. The summed E-state index contributed by atoms with van der Waals surface area (Å²) in [5.41, 5.74) is 2.26. The lowest BCUT2D eigenvalue weighted by atomic mass is 9.91. The quantitative estimate of drug-likeness (QED) is 0.522. The van der Waals surface area contributed by atoms with Crippen LogP contribution in [-0.4, -0.2) is 34.0 Å². The number of halogens is 2. The molecule has 1 aliphatic heterocycles. The molecule has 3 aromatic carbocycles. The largest absolute Gasteiger partial charge is 0.487 e. The molecule has 170 valence electrons. The number of aliphatic carboxylic acids is 1. The monoisotopic (exact) mass is 467 g/mol. The Labute approximate surface area is 196 Å². The zero-order chi connectivity index (χ0) is 23.6. The van der Waals surface area contributed by atoms with Crippen LogP contribution >= 0.6 is 11.6 Å². The summed E-state index contributed by atoms with van der Waals surface area (Å²) in [5.74, 6) is -1.25. The number of carboxylic acid groups (broad SMARTS) is 1. The van der Waals surface area contributed by atoms with E-state index >= 15 is 0 Å². The standard InChI is InChI=1S/C26H23ClFNO4/c1-26(13-18-7-9-21(27)22(28)11-18)14-20-12-19(8-10-23(20)33-26)25(32)29(16-24(30)31)15-17-5-3-2-4-6-17/h2-12H,13-16H2,1H3,(H,30,31)/t26-/m0/s1. The minimum atomic E-state index is -1.08. The highest BCUT2D eigenvalue weighted by atomic mass is 35.5. The number of benzene rings is 3. The molecule has 7 heteroatoms. The van der Waals surface area contributed by atoms with Crippen molar-refractivity contribution >= 4 is 23.5 Å². The highest BCUT2D eigenvalue weighted by Crippen LogP contribution is 2.38. The molecule has 1 heterocycles. The molecule has 5 nitrogen and oxygen atoms in total. The molecule has 1 amide bonds. The molecule has 0 saturated heterocycles. The summed E-state index contributed by atoms with van der Waals surface area (Å²) in [4.78, 5) is 25.9. The molecule has 0 saturated carbocycles. The molecule has 33 heavy (non-hydrogen) atoms. The van der Waals surface area contributed by atoms with Gasteiger partial charge in [0.1, 0.15) is 23.7 Å². The van der Waals surface area contributed by atoms with E-state index in [1.165, 1.54) is 17.0 Å². The zero-order valence-corrected chi connectivity index (χ0v) is 18.8. The highest BCUT2D eigenvalue weighted by molar-refractivity contribution is 6.30. The van der Waals surface area contributed by atoms with Gasteiger partial charge in [-0.2, -0.15) is 0 Å². The maximum absolute atomic E-state index is 13.8. The van der Waals surface area contributed by atoms with E-state index in [1.807, 2.05) is 37.3 Å². The van der Waals surface area contributed by atoms with Gasteiger partial charge < -0.3 is 14.7 Å². The molecule has 0 bridgehead atoms. The summed E-state index contributed by atoms with van der Waals surface area (Å²) in [6.45, 7) is 1.73. The summed E-state index contributed by atoms with van der Waals surface area (Å²) in [6.07, 6.45) is 1.00. The first-order valence-electron chi connectivity index (χ1n) is 10.5. The molecule has 4 rings (SSSR count). The maximum Gasteiger partial charge on any atom is 0.323 e. The Balaban J connectivity index is 1.53. The van der Waals surface area contributed by atoms with Crippen LogP contribution in [0.25, 0.3) is 0 Å². The van der Waals surface area contributed by atoms with Crippen LogP contribution in [0.4, 0.5) is 4.39 Å². The van der Waals surface area contributed by atoms with Crippen molar-refractivity contribution in [3.8, 4) is 5.75 Å². The summed E-state index contributed by atoms with van der Waals surface area (Å²) in [6, 6.07) is 19.1. The van der Waals surface area contributed by atoms with Crippen molar-refractivity contribution in [2.75, 3.05) is 6.54 Å². The zero-order valence-electron chi connectivity index (χ0n) is 18.1. The van der Waals surface area contributed by atoms with Gasteiger partial charge in [-0.3, -0.25) is 9.59 Å². The number of carbonyl (C=O) groups is 2. The van der Waals surface area contributed by atoms with Crippen LogP contribution < -0.4 is 4.74 Å². The Morgan fingerprint density at radius 3 is 2.55 bits per heavy atom. The second-order valence-electron chi connectivity index (χ2n) is 8.52. The molecule has 0 fully saturated rings. The Kier molecular flexibility index (Phi) is 6.38. The van der Waals surface area contributed by atoms with Crippen molar-refractivity contribution < 1.29 is 23.8 Å². The van der Waals surface area contributed by atoms with Gasteiger partial charge in [0.15, 0.2) is 0 Å². The van der Waals surface area contributed by atoms with E-state index in [9.17, 15) is 19.1 Å². The second kappa shape index (κ2) is 9.24. The molecule has 0 aliphatic carbocycles. The van der Waals surface area contributed by atoms with Crippen LogP contribution in [-0.2, 0) is 24.2 Å². The predicted molar refractivity (Wildman–Crippen MR) is 123 cm³/mol. The topological polar surface area (TPSA) is 66.8 Å². The summed E-state index contributed by atoms with van der Waals surface area (Å²) in [5, 5.41) is 9.38. The molecule has 1 aliphatic rings. The third-order valence-corrected chi connectivity index (χ3v) is 5.93. The van der Waals surface area contributed by atoms with Crippen LogP contribution in [0.1, 0.15) is 34.0 Å². The molecule has 0 aromatic heterocycles. The Morgan fingerprint density at radius 1 is 1.09 bits per heavy atom. The van der Waals surface area contributed by atoms with E-state index < -0.39 is 23.9 Å². The van der Waals surface area contributed by atoms with Crippen LogP contribution in [0.2, 0.25) is 5.02 Å². The van der Waals surface area contributed by atoms with Crippen molar-refractivity contribution in [3.05, 3.63) is 99.8 Å². The van der Waals surface area contributed by atoms with E-state index in [2.05, 4.69) is 0 Å². The van der Waals surface area contributed by atoms with E-state index in [1.54, 1.807) is 24.3 Å². The number of hydrogen-bond donors (Lipinski definition) is 1. The van der Waals surface area contributed by atoms with Gasteiger partial charge in [-0.15, -0.1) is 0 Å². The van der Waals surface area contributed by atoms with E-state index in [4.69, 9.17) is 16.3 Å². The first kappa shape index (κ1) is 22.8. The van der Waals surface area contributed by atoms with Crippen LogP contribution in [0.15, 0.2) is 66.7 Å². The molecular weight excluding hydrogens is 445 g/mol. The van der Waals surface area contributed by atoms with Crippen LogP contribution in [0.3, 0.4) is 0 Å². The maximum atomic E-state index is 13.8. The number of hydrogen-bond acceptors (Lipinski definition) is 3. The lowest BCUT2D eigenvalue weighted by molar-refractivity contribution is -0.137. The second-order valence-corrected chi connectivity index (χ2v) is 8.92. The third kappa shape index (κ3) is 5.34. The van der Waals surface area contributed by atoms with Crippen molar-refractivity contribution in [3.63, 3.8) is 0 Å². The van der Waals surface area contributed by atoms with Gasteiger partial charge in [0.25, 0.3) is 5.91 Å². The fraction of sp³-hybridized carbons (Fsp3) is 0.231. The fourth-order valence-electron chi connectivity index (χ4n) is 4.18. The lowest BCUT2D eigenvalue weighted by Gasteiger charge is -2.24. The lowest BCUT2D eigenvalue weighted by Crippen LogP contribution is -2.35. The number of nitrogens with zero attached hydrogens (tertiary/aromatic N) is 1. The molecule has 0 unspecified atom stereocenters. The Morgan fingerprint density at radius 2 is 1.85 bits per heavy atom. The van der Waals surface area contributed by atoms with Gasteiger partial charge >= 0.3 is 5.97 Å². The molecule has 0 spiro atoms. The third-order valence-electron chi connectivity index (χ3n) is 5.62. The smallest absolute Gasteiger partial charge is 0.323 e. The Hall–Kier alpha value is -3.38. The van der Waals surface area contributed by atoms with Crippen LogP contribution in [0, 0.1) is 5.82 Å². The van der Waals surface area contributed by atoms with E-state index in [0.717, 1.165) is 16.7 Å². The average molecular weight is 468 g/mol. The van der Waals surface area contributed by atoms with Crippen LogP contribution in [0.5, 0.6) is 5.75 Å². The van der Waals surface area contributed by atoms with Crippen molar-refractivity contribution in [2.45, 2.75) is 31.9 Å². The van der Waals surface area contributed by atoms with Gasteiger partial charge in [-0.25, -0.2) is 4.39 Å². The van der Waals surface area contributed by atoms with Gasteiger partial charge in [0.2, 0.25) is 0 Å². The highest BCUT2D eigenvalue weighted by Gasteiger charge is 2.36. The number of rotatable bonds is 7. The Bertz CT molecular complexity index is 1200. The molecular formula is C26H23ClFNO4. The summed E-state index contributed by atoms with van der Waals surface area (Å²) in [7, 11) is 0. The predicted octanol–water partition coefficient (Wildman–Crippen LogP) is 5.14. The van der Waals surface area contributed by atoms with Gasteiger partial charge in [-0.1, -0.05) is 48.0 Å².